The highest BCUT2D eigenvalue weighted by molar-refractivity contribution is 6.04. The molecule has 192 valence electrons. The molecule has 1 N–H and O–H groups in total. The molecule has 4 heterocycles. The van der Waals surface area contributed by atoms with E-state index in [1.165, 1.54) is 0 Å². The Morgan fingerprint density at radius 3 is 2.77 bits per heavy atom. The first-order valence-corrected chi connectivity index (χ1v) is 12.8. The minimum Gasteiger partial charge on any atom is -0.385 e. The van der Waals surface area contributed by atoms with Gasteiger partial charge in [-0.15, -0.1) is 0 Å². The lowest BCUT2D eigenvalue weighted by molar-refractivity contribution is -0.126. The Morgan fingerprint density at radius 2 is 2.03 bits per heavy atom. The Bertz CT molecular complexity index is 972. The topological polar surface area (TPSA) is 88.9 Å². The van der Waals surface area contributed by atoms with Crippen LogP contribution < -0.4 is 5.32 Å². The van der Waals surface area contributed by atoms with Gasteiger partial charge in [-0.25, -0.2) is 0 Å². The molecular weight excluding hydrogens is 446 g/mol. The summed E-state index contributed by atoms with van der Waals surface area (Å²) in [6, 6.07) is 0.197. The highest BCUT2D eigenvalue weighted by atomic mass is 16.5. The summed E-state index contributed by atoms with van der Waals surface area (Å²) in [5, 5.41) is 7.55. The number of hydrogen-bond acceptors (Lipinski definition) is 6. The van der Waals surface area contributed by atoms with E-state index in [0.717, 1.165) is 75.3 Å². The number of allylic oxidation sites excluding steroid dienone is 1. The first-order chi connectivity index (χ1) is 17.0. The minimum absolute atomic E-state index is 0.0619. The van der Waals surface area contributed by atoms with Crippen molar-refractivity contribution in [1.82, 2.24) is 24.9 Å². The first-order valence-electron chi connectivity index (χ1n) is 12.8. The Morgan fingerprint density at radius 1 is 1.23 bits per heavy atom. The fraction of sp³-hybridized carbons (Fsp3) is 0.654. The number of amides is 2. The highest BCUT2D eigenvalue weighted by Crippen LogP contribution is 2.31. The molecule has 0 unspecified atom stereocenters. The van der Waals surface area contributed by atoms with Crippen molar-refractivity contribution in [2.24, 2.45) is 0 Å². The molecule has 0 spiro atoms. The summed E-state index contributed by atoms with van der Waals surface area (Å²) < 4.78 is 12.7. The van der Waals surface area contributed by atoms with Gasteiger partial charge in [0.15, 0.2) is 0 Å². The molecule has 2 saturated heterocycles. The van der Waals surface area contributed by atoms with Crippen LogP contribution in [0.1, 0.15) is 61.6 Å². The number of carbonyl (C=O) groups excluding carboxylic acids is 2. The summed E-state index contributed by atoms with van der Waals surface area (Å²) in [5.74, 6) is -0.0477. The quantitative estimate of drug-likeness (QED) is 0.471. The number of nitrogens with zero attached hydrogens (tertiary/aromatic N) is 4. The van der Waals surface area contributed by atoms with Crippen molar-refractivity contribution in [2.45, 2.75) is 45.6 Å². The minimum atomic E-state index is -0.110. The zero-order valence-corrected chi connectivity index (χ0v) is 21.3. The second-order valence-electron chi connectivity index (χ2n) is 9.79. The SMILES string of the molecule is COCCCN1CCCN(C(=O)C(/C=C2\CNC(=O)c3cnn(C4CCOCC4)c32)=C(C)C)CC1. The fourth-order valence-electron chi connectivity index (χ4n) is 5.12. The van der Waals surface area contributed by atoms with Crippen molar-refractivity contribution in [1.29, 1.82) is 0 Å². The lowest BCUT2D eigenvalue weighted by Crippen LogP contribution is -2.37. The molecule has 2 amide bonds. The van der Waals surface area contributed by atoms with Crippen LogP contribution in [0.15, 0.2) is 23.4 Å². The maximum atomic E-state index is 13.7. The van der Waals surface area contributed by atoms with Gasteiger partial charge in [0.2, 0.25) is 0 Å². The molecule has 4 rings (SSSR count). The van der Waals surface area contributed by atoms with Crippen LogP contribution in [-0.2, 0) is 14.3 Å². The van der Waals surface area contributed by atoms with Gasteiger partial charge in [0.25, 0.3) is 11.8 Å². The number of carbonyl (C=O) groups is 2. The van der Waals surface area contributed by atoms with Gasteiger partial charge in [-0.3, -0.25) is 14.3 Å². The molecule has 0 aliphatic carbocycles. The van der Waals surface area contributed by atoms with Gasteiger partial charge in [0.05, 0.1) is 23.5 Å². The average molecular weight is 486 g/mol. The molecule has 1 aromatic rings. The van der Waals surface area contributed by atoms with Crippen LogP contribution in [0.4, 0.5) is 0 Å². The van der Waals surface area contributed by atoms with E-state index in [4.69, 9.17) is 9.47 Å². The summed E-state index contributed by atoms with van der Waals surface area (Å²) in [6.45, 7) is 10.8. The van der Waals surface area contributed by atoms with Crippen LogP contribution in [0, 0.1) is 0 Å². The van der Waals surface area contributed by atoms with E-state index in [1.807, 2.05) is 29.5 Å². The average Bonchev–Trinajstić information content (AvgIpc) is 3.18. The van der Waals surface area contributed by atoms with Crippen molar-refractivity contribution in [2.75, 3.05) is 66.2 Å². The van der Waals surface area contributed by atoms with Crippen LogP contribution in [0.5, 0.6) is 0 Å². The Hall–Kier alpha value is -2.49. The Balaban J connectivity index is 1.55. The zero-order valence-electron chi connectivity index (χ0n) is 21.3. The summed E-state index contributed by atoms with van der Waals surface area (Å²) in [4.78, 5) is 30.7. The van der Waals surface area contributed by atoms with Crippen LogP contribution in [-0.4, -0.2) is 97.6 Å². The van der Waals surface area contributed by atoms with Crippen LogP contribution in [0.3, 0.4) is 0 Å². The van der Waals surface area contributed by atoms with Gasteiger partial charge in [-0.1, -0.05) is 5.57 Å². The smallest absolute Gasteiger partial charge is 0.255 e. The number of ether oxygens (including phenoxy) is 2. The Kier molecular flexibility index (Phi) is 8.75. The van der Waals surface area contributed by atoms with Crippen molar-refractivity contribution >= 4 is 17.4 Å². The van der Waals surface area contributed by atoms with Crippen molar-refractivity contribution in [3.63, 3.8) is 0 Å². The van der Waals surface area contributed by atoms with Crippen molar-refractivity contribution in [3.8, 4) is 0 Å². The molecular formula is C26H39N5O4. The molecule has 0 radical (unpaired) electrons. The first kappa shape index (κ1) is 25.6. The molecule has 9 heteroatoms. The molecule has 3 aliphatic heterocycles. The number of aromatic nitrogens is 2. The van der Waals surface area contributed by atoms with Crippen molar-refractivity contribution < 1.29 is 19.1 Å². The van der Waals surface area contributed by atoms with Gasteiger partial charge in [0.1, 0.15) is 0 Å². The molecule has 9 nitrogen and oxygen atoms in total. The van der Waals surface area contributed by atoms with E-state index in [2.05, 4.69) is 15.3 Å². The lowest BCUT2D eigenvalue weighted by Gasteiger charge is -2.27. The van der Waals surface area contributed by atoms with E-state index < -0.39 is 0 Å². The number of rotatable bonds is 7. The van der Waals surface area contributed by atoms with Crippen LogP contribution in [0.2, 0.25) is 0 Å². The number of fused-ring (bicyclic) bond motifs is 1. The van der Waals surface area contributed by atoms with E-state index in [1.54, 1.807) is 13.3 Å². The van der Waals surface area contributed by atoms with Crippen LogP contribution >= 0.6 is 0 Å². The van der Waals surface area contributed by atoms with E-state index in [9.17, 15) is 9.59 Å². The van der Waals surface area contributed by atoms with Crippen LogP contribution in [0.25, 0.3) is 5.57 Å². The highest BCUT2D eigenvalue weighted by Gasteiger charge is 2.30. The molecule has 35 heavy (non-hydrogen) atoms. The molecule has 3 aliphatic rings. The number of hydrogen-bond donors (Lipinski definition) is 1. The molecule has 0 saturated carbocycles. The summed E-state index contributed by atoms with van der Waals surface area (Å²) in [7, 11) is 1.73. The van der Waals surface area contributed by atoms with Gasteiger partial charge >= 0.3 is 0 Å². The van der Waals surface area contributed by atoms with E-state index >= 15 is 0 Å². The lowest BCUT2D eigenvalue weighted by atomic mass is 9.97. The molecule has 2 fully saturated rings. The summed E-state index contributed by atoms with van der Waals surface area (Å²) in [6.07, 6.45) is 7.34. The standard InChI is InChI=1S/C26H39N5O4/c1-19(2)22(26(33)30-10-4-8-29(11-12-30)9-5-13-34-3)16-20-17-27-25(32)23-18-28-31(24(20)23)21-6-14-35-15-7-21/h16,18,21H,4-15,17H2,1-3H3,(H,27,32)/b20-16+. The molecule has 0 atom stereocenters. The number of methoxy groups -OCH3 is 1. The molecule has 0 bridgehead atoms. The van der Waals surface area contributed by atoms with Gasteiger partial charge in [-0.2, -0.15) is 5.10 Å². The maximum absolute atomic E-state index is 13.7. The predicted molar refractivity (Wildman–Crippen MR) is 134 cm³/mol. The van der Waals surface area contributed by atoms with Gasteiger partial charge in [0, 0.05) is 65.2 Å². The maximum Gasteiger partial charge on any atom is 0.255 e. The third-order valence-corrected chi connectivity index (χ3v) is 7.11. The fourth-order valence-corrected chi connectivity index (χ4v) is 5.12. The normalized spacial score (nSPS) is 20.9. The predicted octanol–water partition coefficient (Wildman–Crippen LogP) is 2.27. The number of nitrogens with one attached hydrogen (secondary N) is 1. The monoisotopic (exact) mass is 485 g/mol. The largest absolute Gasteiger partial charge is 0.385 e. The Labute approximate surface area is 208 Å². The van der Waals surface area contributed by atoms with Crippen molar-refractivity contribution in [3.05, 3.63) is 34.7 Å². The summed E-state index contributed by atoms with van der Waals surface area (Å²) >= 11 is 0. The third-order valence-electron chi connectivity index (χ3n) is 7.11. The zero-order chi connectivity index (χ0) is 24.8. The van der Waals surface area contributed by atoms with Gasteiger partial charge < -0.3 is 24.6 Å². The second-order valence-corrected chi connectivity index (χ2v) is 9.79. The second kappa shape index (κ2) is 12.0. The van der Waals surface area contributed by atoms with E-state index in [0.29, 0.717) is 37.4 Å². The summed E-state index contributed by atoms with van der Waals surface area (Å²) in [5.41, 5.74) is 4.03. The van der Waals surface area contributed by atoms with Gasteiger partial charge in [-0.05, 0) is 57.7 Å². The van der Waals surface area contributed by atoms with E-state index in [-0.39, 0.29) is 17.9 Å². The molecule has 0 aromatic carbocycles. The third kappa shape index (κ3) is 6.02. The molecule has 1 aromatic heterocycles.